The van der Waals surface area contributed by atoms with E-state index in [2.05, 4.69) is 30.8 Å². The number of thiophene rings is 1. The molecule has 0 aliphatic carbocycles. The summed E-state index contributed by atoms with van der Waals surface area (Å²) in [7, 11) is 3.06. The largest absolute Gasteiger partial charge is 0.492 e. The second-order valence-corrected chi connectivity index (χ2v) is 27.9. The number of unbranched alkanes of at least 4 members (excludes halogenated alkanes) is 2. The normalized spacial score (nSPS) is 14.8. The van der Waals surface area contributed by atoms with Crippen molar-refractivity contribution in [2.45, 2.75) is 96.7 Å². The Morgan fingerprint density at radius 1 is 0.757 bits per heavy atom. The molecular formula is C76H85ClN12O13S. The van der Waals surface area contributed by atoms with Gasteiger partial charge in [0, 0.05) is 128 Å². The number of amides is 10. The number of nitrogens with zero attached hydrogens (tertiary/aromatic N) is 6. The fraction of sp³-hybridized carbons (Fsp3) is 0.368. The van der Waals surface area contributed by atoms with Crippen LogP contribution in [0.25, 0.3) is 31.9 Å². The van der Waals surface area contributed by atoms with Crippen LogP contribution in [0.4, 0.5) is 26.7 Å². The van der Waals surface area contributed by atoms with Gasteiger partial charge in [-0.15, -0.1) is 22.9 Å². The van der Waals surface area contributed by atoms with Crippen molar-refractivity contribution < 1.29 is 62.2 Å². The molecule has 8 aromatic rings. The number of primary amides is 1. The van der Waals surface area contributed by atoms with Crippen LogP contribution in [-0.4, -0.2) is 180 Å². The summed E-state index contributed by atoms with van der Waals surface area (Å²) in [6.07, 6.45) is 5.30. The second kappa shape index (κ2) is 33.5. The fourth-order valence-electron chi connectivity index (χ4n) is 13.1. The van der Waals surface area contributed by atoms with Gasteiger partial charge in [0.05, 0.1) is 10.4 Å². The molecule has 1 fully saturated rings. The molecule has 540 valence electrons. The van der Waals surface area contributed by atoms with E-state index in [-0.39, 0.29) is 105 Å². The number of carbonyl (C=O) groups is 10. The maximum Gasteiger partial charge on any atom is 0.415 e. The highest BCUT2D eigenvalue weighted by molar-refractivity contribution is 7.17. The first-order chi connectivity index (χ1) is 49.6. The summed E-state index contributed by atoms with van der Waals surface area (Å²) in [6.45, 7) is 9.23. The molecule has 103 heavy (non-hydrogen) atoms. The molecule has 0 bridgehead atoms. The number of carbonyl (C=O) groups excluding carboxylic acids is 10. The minimum Gasteiger partial charge on any atom is -0.492 e. The van der Waals surface area contributed by atoms with Crippen molar-refractivity contribution in [1.82, 2.24) is 40.2 Å². The van der Waals surface area contributed by atoms with E-state index in [9.17, 15) is 47.9 Å². The number of ether oxygens (including phenoxy) is 3. The van der Waals surface area contributed by atoms with Crippen molar-refractivity contribution in [2.75, 3.05) is 94.1 Å². The van der Waals surface area contributed by atoms with Crippen LogP contribution in [0.2, 0.25) is 0 Å². The summed E-state index contributed by atoms with van der Waals surface area (Å²) in [5, 5.41) is 13.0. The van der Waals surface area contributed by atoms with Crippen LogP contribution in [0.5, 0.6) is 11.5 Å². The molecule has 0 spiro atoms. The number of halogens is 1. The van der Waals surface area contributed by atoms with Crippen molar-refractivity contribution in [3.63, 3.8) is 0 Å². The van der Waals surface area contributed by atoms with Gasteiger partial charge in [0.15, 0.2) is 5.75 Å². The summed E-state index contributed by atoms with van der Waals surface area (Å²) < 4.78 is 18.5. The summed E-state index contributed by atoms with van der Waals surface area (Å²) in [5.41, 5.74) is 12.3. The van der Waals surface area contributed by atoms with Crippen molar-refractivity contribution in [3.05, 3.63) is 160 Å². The van der Waals surface area contributed by atoms with E-state index in [0.717, 1.165) is 63.3 Å². The van der Waals surface area contributed by atoms with Crippen molar-refractivity contribution >= 4 is 131 Å². The SMILES string of the molecule is Cc1csc2c(OC(=O)N(C)CCN(C)C(=O)OCc3ccc(N(CC(N)=O)C(=O)[C@H](CC(C)C)NC(=O)[C@H](Cc4ccccc4)NC(=O)CCCCCN4C(=O)C=CC4=O)cc3)cc3c(c12)[C@H](CCl)CN3C(=O)c1cc2cc(NC(=O)c3cc4cc(OCCN5CCCC5)ccc4[nH]3)ccc2[nH]1. The highest BCUT2D eigenvalue weighted by Crippen LogP contribution is 2.49. The van der Waals surface area contributed by atoms with Crippen LogP contribution in [0, 0.1) is 12.8 Å². The molecule has 5 aromatic carbocycles. The monoisotopic (exact) mass is 1440 g/mol. The van der Waals surface area contributed by atoms with Crippen LogP contribution in [0.1, 0.15) is 108 Å². The van der Waals surface area contributed by atoms with E-state index >= 15 is 0 Å². The molecule has 0 radical (unpaired) electrons. The number of hydrogen-bond acceptors (Lipinski definition) is 15. The molecule has 6 heterocycles. The number of fused-ring (bicyclic) bond motifs is 5. The Balaban J connectivity index is 0.678. The Morgan fingerprint density at radius 3 is 2.16 bits per heavy atom. The zero-order valence-corrected chi connectivity index (χ0v) is 59.8. The first kappa shape index (κ1) is 73.6. The number of aryl methyl sites for hydroxylation is 1. The lowest BCUT2D eigenvalue weighted by Crippen LogP contribution is -2.56. The van der Waals surface area contributed by atoms with Gasteiger partial charge in [-0.3, -0.25) is 48.2 Å². The lowest BCUT2D eigenvalue weighted by molar-refractivity contribution is -0.137. The Labute approximate surface area is 604 Å². The van der Waals surface area contributed by atoms with Crippen LogP contribution in [-0.2, 0) is 46.5 Å². The van der Waals surface area contributed by atoms with Crippen molar-refractivity contribution in [1.29, 1.82) is 0 Å². The Morgan fingerprint density at radius 2 is 1.45 bits per heavy atom. The quantitative estimate of drug-likeness (QED) is 0.0134. The van der Waals surface area contributed by atoms with Gasteiger partial charge >= 0.3 is 12.2 Å². The van der Waals surface area contributed by atoms with E-state index in [4.69, 9.17) is 31.5 Å². The highest BCUT2D eigenvalue weighted by Gasteiger charge is 2.38. The zero-order chi connectivity index (χ0) is 73.0. The van der Waals surface area contributed by atoms with E-state index in [1.807, 2.05) is 74.7 Å². The minimum atomic E-state index is -1.15. The van der Waals surface area contributed by atoms with Crippen molar-refractivity contribution in [2.24, 2.45) is 11.7 Å². The van der Waals surface area contributed by atoms with Crippen LogP contribution in [0.15, 0.2) is 127 Å². The average Bonchev–Trinajstić information content (AvgIpc) is 1.58. The third-order valence-electron chi connectivity index (χ3n) is 18.6. The van der Waals surface area contributed by atoms with Gasteiger partial charge in [-0.2, -0.15) is 0 Å². The fourth-order valence-corrected chi connectivity index (χ4v) is 14.4. The zero-order valence-electron chi connectivity index (χ0n) is 58.2. The summed E-state index contributed by atoms with van der Waals surface area (Å²) >= 11 is 8.07. The number of H-pyrrole nitrogens is 2. The number of anilines is 3. The molecule has 0 saturated carbocycles. The molecule has 25 nitrogen and oxygen atoms in total. The Kier molecular flexibility index (Phi) is 23.9. The van der Waals surface area contributed by atoms with Gasteiger partial charge in [-0.1, -0.05) is 62.7 Å². The molecule has 0 unspecified atom stereocenters. The molecule has 10 amide bonds. The molecule has 11 rings (SSSR count). The van der Waals surface area contributed by atoms with Gasteiger partial charge in [0.1, 0.15) is 49.0 Å². The summed E-state index contributed by atoms with van der Waals surface area (Å²) in [5.74, 6) is -3.02. The van der Waals surface area contributed by atoms with Crippen LogP contribution >= 0.6 is 22.9 Å². The summed E-state index contributed by atoms with van der Waals surface area (Å²) in [4.78, 5) is 150. The Bertz CT molecular complexity index is 4510. The van der Waals surface area contributed by atoms with Crippen molar-refractivity contribution in [3.8, 4) is 11.5 Å². The number of imide groups is 1. The van der Waals surface area contributed by atoms with Gasteiger partial charge in [-0.05, 0) is 146 Å². The van der Waals surface area contributed by atoms with E-state index < -0.39 is 54.4 Å². The number of rotatable bonds is 31. The van der Waals surface area contributed by atoms with E-state index in [0.29, 0.717) is 69.8 Å². The smallest absolute Gasteiger partial charge is 0.415 e. The van der Waals surface area contributed by atoms with E-state index in [1.165, 1.54) is 65.1 Å². The minimum absolute atomic E-state index is 0.0409. The second-order valence-electron chi connectivity index (χ2n) is 26.8. The summed E-state index contributed by atoms with van der Waals surface area (Å²) in [6, 6.07) is 29.5. The predicted octanol–water partition coefficient (Wildman–Crippen LogP) is 10.1. The molecular weight excluding hydrogens is 1360 g/mol. The Hall–Kier alpha value is -10.6. The number of aromatic nitrogens is 2. The number of likely N-dealkylation sites (tertiary alicyclic amines) is 1. The predicted molar refractivity (Wildman–Crippen MR) is 395 cm³/mol. The maximum absolute atomic E-state index is 14.7. The van der Waals surface area contributed by atoms with Gasteiger partial charge in [0.2, 0.25) is 23.6 Å². The number of alkyl halides is 1. The average molecular weight is 1440 g/mol. The third-order valence-corrected chi connectivity index (χ3v) is 20.1. The number of likely N-dealkylation sites (N-methyl/N-ethyl adjacent to an activating group) is 2. The van der Waals surface area contributed by atoms with Gasteiger partial charge in [-0.25, -0.2) is 9.59 Å². The number of aromatic amines is 2. The lowest BCUT2D eigenvalue weighted by Gasteiger charge is -2.29. The first-order valence-electron chi connectivity index (χ1n) is 34.6. The number of hydrogen-bond donors (Lipinski definition) is 6. The highest BCUT2D eigenvalue weighted by atomic mass is 35.5. The van der Waals surface area contributed by atoms with Gasteiger partial charge in [0.25, 0.3) is 23.6 Å². The molecule has 7 N–H and O–H groups in total. The molecule has 3 atom stereocenters. The molecule has 3 aliphatic rings. The van der Waals surface area contributed by atoms with Crippen LogP contribution in [0.3, 0.4) is 0 Å². The van der Waals surface area contributed by atoms with E-state index in [1.54, 1.807) is 65.6 Å². The molecule has 27 heteroatoms. The maximum atomic E-state index is 14.7. The molecule has 1 saturated heterocycles. The standard InChI is InChI=1S/C76H85ClN12O13S/c1-46(2)34-60(83-72(95)58(35-48-14-8-6-9-15-48)82-65(91)16-10-7-11-29-87-66(92)25-26-67(87)93)73(96)88(43-64(78)90)54-20-17-49(18-21-54)44-101-75(98)84(4)30-31-85(5)76(99)102-63-40-62-69(68-47(3)45-103-70(63)68)52(41-77)42-89(62)74(97)61-39-50-36-53(19-23-56(50)81-61)79-71(94)59-38-51-37-55(22-24-57(51)80-59)100-33-32-86-27-12-13-28-86/h6,8-9,14-15,17-26,36-40,45-46,52,58,60,80-81H,7,10-13,16,27-35,41-44H2,1-5H3,(H2,78,90)(H,79,94)(H,82,91)(H,83,95)/t52-,58+,60+/m1/s1. The van der Waals surface area contributed by atoms with Gasteiger partial charge < -0.3 is 65.5 Å². The number of benzene rings is 5. The topological polar surface area (TPSA) is 312 Å². The lowest BCUT2D eigenvalue weighted by atomic mass is 9.97. The molecule has 3 aliphatic heterocycles. The van der Waals surface area contributed by atoms with Crippen LogP contribution < -0.4 is 41.0 Å². The first-order valence-corrected chi connectivity index (χ1v) is 36.0. The molecule has 3 aromatic heterocycles. The third kappa shape index (κ3) is 18.2. The number of nitrogens with two attached hydrogens (primary N) is 1. The number of nitrogens with one attached hydrogen (secondary N) is 5.